The molecule has 2 fully saturated rings. The number of carbonyl (C=O) groups is 1. The van der Waals surface area contributed by atoms with Crippen molar-refractivity contribution in [3.8, 4) is 0 Å². The number of benzene rings is 2. The van der Waals surface area contributed by atoms with Crippen LogP contribution in [0.1, 0.15) is 68.2 Å². The Labute approximate surface area is 208 Å². The standard InChI is InChI=1S/C27H35NO4S2/c1-4-23-26(33-21-8-6-5-7-9-21)24(27(29)30)25(20-14-10-18(2)11-15-20)28(23)34(31,32)22-16-12-19(3)13-17-22/h10-17,21,23-26H,4-9H2,1-3H3,(H,29,30)/t23-,24+,25+,26-/m1/s1. The van der Waals surface area contributed by atoms with Crippen LogP contribution >= 0.6 is 11.8 Å². The van der Waals surface area contributed by atoms with Gasteiger partial charge in [0.05, 0.1) is 16.9 Å². The summed E-state index contributed by atoms with van der Waals surface area (Å²) in [6.45, 7) is 5.88. The Morgan fingerprint density at radius 1 is 0.971 bits per heavy atom. The molecular weight excluding hydrogens is 466 g/mol. The van der Waals surface area contributed by atoms with Crippen molar-refractivity contribution >= 4 is 27.8 Å². The van der Waals surface area contributed by atoms with E-state index in [2.05, 4.69) is 0 Å². The first-order valence-corrected chi connectivity index (χ1v) is 14.7. The van der Waals surface area contributed by atoms with E-state index in [9.17, 15) is 18.3 Å². The molecule has 0 unspecified atom stereocenters. The first-order chi connectivity index (χ1) is 16.2. The lowest BCUT2D eigenvalue weighted by molar-refractivity contribution is -0.142. The van der Waals surface area contributed by atoms with Crippen molar-refractivity contribution in [1.82, 2.24) is 4.31 Å². The van der Waals surface area contributed by atoms with Crippen LogP contribution in [0.2, 0.25) is 0 Å². The zero-order valence-corrected chi connectivity index (χ0v) is 21.8. The van der Waals surface area contributed by atoms with Gasteiger partial charge in [0, 0.05) is 16.5 Å². The molecule has 0 bridgehead atoms. The number of carboxylic acid groups (broad SMARTS) is 1. The molecule has 0 amide bonds. The van der Waals surface area contributed by atoms with Gasteiger partial charge in [-0.1, -0.05) is 73.7 Å². The third-order valence-electron chi connectivity index (χ3n) is 7.29. The van der Waals surface area contributed by atoms with E-state index in [0.29, 0.717) is 11.7 Å². The van der Waals surface area contributed by atoms with Gasteiger partial charge in [-0.05, 0) is 50.8 Å². The van der Waals surface area contributed by atoms with Gasteiger partial charge >= 0.3 is 5.97 Å². The van der Waals surface area contributed by atoms with Crippen molar-refractivity contribution in [1.29, 1.82) is 0 Å². The van der Waals surface area contributed by atoms with Gasteiger partial charge in [0.25, 0.3) is 0 Å². The van der Waals surface area contributed by atoms with Crippen molar-refractivity contribution in [2.24, 2.45) is 5.92 Å². The number of carboxylic acids is 1. The summed E-state index contributed by atoms with van der Waals surface area (Å²) in [4.78, 5) is 13.0. The fourth-order valence-electron chi connectivity index (χ4n) is 5.49. The lowest BCUT2D eigenvalue weighted by Gasteiger charge is -2.31. The van der Waals surface area contributed by atoms with Gasteiger partial charge in [-0.15, -0.1) is 0 Å². The Bertz CT molecular complexity index is 1090. The molecule has 184 valence electrons. The number of thioether (sulfide) groups is 1. The van der Waals surface area contributed by atoms with Crippen LogP contribution in [0.5, 0.6) is 0 Å². The summed E-state index contributed by atoms with van der Waals surface area (Å²) in [5.41, 5.74) is 2.79. The second-order valence-corrected chi connectivity index (χ2v) is 13.0. The number of hydrogen-bond donors (Lipinski definition) is 1. The van der Waals surface area contributed by atoms with Crippen molar-refractivity contribution in [2.45, 2.75) is 86.8 Å². The third-order valence-corrected chi connectivity index (χ3v) is 11.0. The molecule has 0 radical (unpaired) electrons. The van der Waals surface area contributed by atoms with E-state index in [-0.39, 0.29) is 16.2 Å². The molecule has 0 spiro atoms. The smallest absolute Gasteiger partial charge is 0.309 e. The minimum atomic E-state index is -3.91. The summed E-state index contributed by atoms with van der Waals surface area (Å²) in [6.07, 6.45) is 6.26. The van der Waals surface area contributed by atoms with Crippen LogP contribution in [0, 0.1) is 19.8 Å². The third kappa shape index (κ3) is 4.93. The van der Waals surface area contributed by atoms with Crippen molar-refractivity contribution in [3.63, 3.8) is 0 Å². The van der Waals surface area contributed by atoms with Gasteiger partial charge in [0.2, 0.25) is 10.0 Å². The van der Waals surface area contributed by atoms with E-state index in [0.717, 1.165) is 42.4 Å². The van der Waals surface area contributed by atoms with Crippen LogP contribution in [0.25, 0.3) is 0 Å². The van der Waals surface area contributed by atoms with E-state index >= 15 is 0 Å². The van der Waals surface area contributed by atoms with Gasteiger partial charge in [-0.3, -0.25) is 4.79 Å². The van der Waals surface area contributed by atoms with Crippen LogP contribution in [0.3, 0.4) is 0 Å². The highest BCUT2D eigenvalue weighted by Crippen LogP contribution is 2.52. The fraction of sp³-hybridized carbons (Fsp3) is 0.519. The Kier molecular flexibility index (Phi) is 7.75. The summed E-state index contributed by atoms with van der Waals surface area (Å²) < 4.78 is 29.7. The second-order valence-electron chi connectivity index (χ2n) is 9.70. The molecule has 7 heteroatoms. The van der Waals surface area contributed by atoms with Crippen LogP contribution < -0.4 is 0 Å². The maximum Gasteiger partial charge on any atom is 0.309 e. The number of aryl methyl sites for hydroxylation is 2. The normalized spacial score (nSPS) is 26.6. The van der Waals surface area contributed by atoms with Gasteiger partial charge in [-0.25, -0.2) is 8.42 Å². The number of sulfonamides is 1. The largest absolute Gasteiger partial charge is 0.481 e. The Morgan fingerprint density at radius 3 is 2.06 bits per heavy atom. The molecule has 34 heavy (non-hydrogen) atoms. The number of nitrogens with zero attached hydrogens (tertiary/aromatic N) is 1. The van der Waals surface area contributed by atoms with Gasteiger partial charge in [0.15, 0.2) is 0 Å². The maximum atomic E-state index is 14.1. The molecule has 1 N–H and O–H groups in total. The summed E-state index contributed by atoms with van der Waals surface area (Å²) in [5.74, 6) is -1.72. The van der Waals surface area contributed by atoms with Crippen LogP contribution in [0.4, 0.5) is 0 Å². The molecule has 2 aromatic carbocycles. The first kappa shape index (κ1) is 25.3. The molecule has 1 saturated heterocycles. The number of hydrogen-bond acceptors (Lipinski definition) is 4. The summed E-state index contributed by atoms with van der Waals surface area (Å²) >= 11 is 1.73. The first-order valence-electron chi connectivity index (χ1n) is 12.3. The highest BCUT2D eigenvalue weighted by Gasteiger charge is 2.57. The predicted molar refractivity (Wildman–Crippen MR) is 138 cm³/mol. The van der Waals surface area contributed by atoms with Gasteiger partial charge < -0.3 is 5.11 Å². The number of aliphatic carboxylic acids is 1. The van der Waals surface area contributed by atoms with Crippen LogP contribution in [-0.4, -0.2) is 40.3 Å². The molecule has 5 nitrogen and oxygen atoms in total. The molecule has 4 rings (SSSR count). The average molecular weight is 502 g/mol. The highest BCUT2D eigenvalue weighted by atomic mass is 32.2. The molecule has 1 aliphatic heterocycles. The van der Waals surface area contributed by atoms with E-state index in [4.69, 9.17) is 0 Å². The highest BCUT2D eigenvalue weighted by molar-refractivity contribution is 8.00. The summed E-state index contributed by atoms with van der Waals surface area (Å²) in [7, 11) is -3.91. The molecule has 1 aliphatic carbocycles. The zero-order valence-electron chi connectivity index (χ0n) is 20.2. The summed E-state index contributed by atoms with van der Waals surface area (Å²) in [5, 5.41) is 10.6. The quantitative estimate of drug-likeness (QED) is 0.506. The Balaban J connectivity index is 1.84. The minimum absolute atomic E-state index is 0.223. The lowest BCUT2D eigenvalue weighted by atomic mass is 9.92. The Morgan fingerprint density at radius 2 is 1.53 bits per heavy atom. The zero-order chi connectivity index (χ0) is 24.5. The molecular formula is C27H35NO4S2. The van der Waals surface area contributed by atoms with Crippen molar-refractivity contribution < 1.29 is 18.3 Å². The van der Waals surface area contributed by atoms with Gasteiger partial charge in [-0.2, -0.15) is 16.1 Å². The molecule has 1 heterocycles. The van der Waals surface area contributed by atoms with Crippen molar-refractivity contribution in [3.05, 3.63) is 65.2 Å². The van der Waals surface area contributed by atoms with Crippen LogP contribution in [0.15, 0.2) is 53.4 Å². The van der Waals surface area contributed by atoms with E-state index in [1.807, 2.05) is 45.0 Å². The van der Waals surface area contributed by atoms with E-state index in [1.165, 1.54) is 6.42 Å². The van der Waals surface area contributed by atoms with E-state index in [1.54, 1.807) is 40.3 Å². The second kappa shape index (κ2) is 10.4. The molecule has 0 aromatic heterocycles. The average Bonchev–Trinajstić information content (AvgIpc) is 3.15. The molecule has 4 atom stereocenters. The monoisotopic (exact) mass is 501 g/mol. The maximum absolute atomic E-state index is 14.1. The van der Waals surface area contributed by atoms with Gasteiger partial charge in [0.1, 0.15) is 0 Å². The molecule has 2 aliphatic rings. The van der Waals surface area contributed by atoms with E-state index < -0.39 is 28.0 Å². The molecule has 1 saturated carbocycles. The minimum Gasteiger partial charge on any atom is -0.481 e. The number of rotatable bonds is 7. The topological polar surface area (TPSA) is 74.7 Å². The van der Waals surface area contributed by atoms with Crippen molar-refractivity contribution in [2.75, 3.05) is 0 Å². The van der Waals surface area contributed by atoms with Crippen LogP contribution in [-0.2, 0) is 14.8 Å². The fourth-order valence-corrected chi connectivity index (χ4v) is 9.47. The summed E-state index contributed by atoms with van der Waals surface area (Å²) in [6, 6.07) is 13.4. The Hall–Kier alpha value is -1.83. The molecule has 2 aromatic rings. The SMILES string of the molecule is CC[C@@H]1[C@@H](SC2CCCCC2)[C@@H](C(=O)O)[C@H](c2ccc(C)cc2)N1S(=O)(=O)c1ccc(C)cc1. The lowest BCUT2D eigenvalue weighted by Crippen LogP contribution is -2.40. The predicted octanol–water partition coefficient (Wildman–Crippen LogP) is 5.96.